The molecular weight excluding hydrogens is 164 g/mol. The third-order valence-electron chi connectivity index (χ3n) is 3.01. The van der Waals surface area contributed by atoms with Crippen molar-refractivity contribution in [3.8, 4) is 0 Å². The first kappa shape index (κ1) is 10.3. The fourth-order valence-corrected chi connectivity index (χ4v) is 2.06. The first-order chi connectivity index (χ1) is 6.05. The van der Waals surface area contributed by atoms with Crippen molar-refractivity contribution in [2.75, 3.05) is 6.61 Å². The Morgan fingerprint density at radius 2 is 2.23 bits per heavy atom. The van der Waals surface area contributed by atoms with E-state index in [9.17, 15) is 4.79 Å². The van der Waals surface area contributed by atoms with E-state index in [1.54, 1.807) is 0 Å². The zero-order valence-corrected chi connectivity index (χ0v) is 8.67. The van der Waals surface area contributed by atoms with Crippen molar-refractivity contribution in [3.63, 3.8) is 0 Å². The summed E-state index contributed by atoms with van der Waals surface area (Å²) in [4.78, 5) is 11.4. The minimum atomic E-state index is -0.0423. The first-order valence-corrected chi connectivity index (χ1v) is 4.83. The second-order valence-electron chi connectivity index (χ2n) is 4.18. The predicted octanol–water partition coefficient (Wildman–Crippen LogP) is 2.40. The van der Waals surface area contributed by atoms with Crippen molar-refractivity contribution < 1.29 is 9.53 Å². The quantitative estimate of drug-likeness (QED) is 0.493. The standard InChI is InChI=1S/C11H18O2/c1-5-7-8-9(11(8,3)4)10(12)13-6-2/h5,8-9H,1,6-7H2,2-4H3/t8-,9+/m1/s1. The topological polar surface area (TPSA) is 26.3 Å². The van der Waals surface area contributed by atoms with E-state index in [1.165, 1.54) is 0 Å². The van der Waals surface area contributed by atoms with E-state index in [1.807, 2.05) is 13.0 Å². The molecule has 0 amide bonds. The lowest BCUT2D eigenvalue weighted by molar-refractivity contribution is -0.145. The van der Waals surface area contributed by atoms with Gasteiger partial charge < -0.3 is 4.74 Å². The highest BCUT2D eigenvalue weighted by molar-refractivity contribution is 5.77. The number of ether oxygens (including phenoxy) is 1. The van der Waals surface area contributed by atoms with Gasteiger partial charge in [0.1, 0.15) is 0 Å². The van der Waals surface area contributed by atoms with Gasteiger partial charge in [-0.2, -0.15) is 0 Å². The normalized spacial score (nSPS) is 29.5. The average Bonchev–Trinajstić information content (AvgIpc) is 2.55. The molecule has 0 aromatic heterocycles. The van der Waals surface area contributed by atoms with Gasteiger partial charge in [-0.25, -0.2) is 0 Å². The summed E-state index contributed by atoms with van der Waals surface area (Å²) in [7, 11) is 0. The van der Waals surface area contributed by atoms with Gasteiger partial charge in [-0.3, -0.25) is 4.79 Å². The summed E-state index contributed by atoms with van der Waals surface area (Å²) in [6, 6.07) is 0. The highest BCUT2D eigenvalue weighted by Crippen LogP contribution is 2.60. The van der Waals surface area contributed by atoms with Crippen LogP contribution in [0.15, 0.2) is 12.7 Å². The third-order valence-corrected chi connectivity index (χ3v) is 3.01. The van der Waals surface area contributed by atoms with Crippen molar-refractivity contribution in [3.05, 3.63) is 12.7 Å². The van der Waals surface area contributed by atoms with E-state index in [4.69, 9.17) is 4.74 Å². The number of rotatable bonds is 4. The van der Waals surface area contributed by atoms with Crippen LogP contribution in [0.4, 0.5) is 0 Å². The zero-order valence-electron chi connectivity index (χ0n) is 8.67. The van der Waals surface area contributed by atoms with E-state index in [-0.39, 0.29) is 17.3 Å². The molecule has 0 N–H and O–H groups in total. The minimum Gasteiger partial charge on any atom is -0.466 e. The van der Waals surface area contributed by atoms with Crippen LogP contribution in [0.2, 0.25) is 0 Å². The summed E-state index contributed by atoms with van der Waals surface area (Å²) in [5.41, 5.74) is 0.112. The molecule has 13 heavy (non-hydrogen) atoms. The Balaban J connectivity index is 2.53. The van der Waals surface area contributed by atoms with Crippen molar-refractivity contribution in [2.45, 2.75) is 27.2 Å². The van der Waals surface area contributed by atoms with E-state index in [2.05, 4.69) is 20.4 Å². The van der Waals surface area contributed by atoms with Crippen LogP contribution < -0.4 is 0 Å². The fraction of sp³-hybridized carbons (Fsp3) is 0.727. The Morgan fingerprint density at radius 1 is 1.62 bits per heavy atom. The molecule has 0 aromatic carbocycles. The van der Waals surface area contributed by atoms with Crippen LogP contribution in [0, 0.1) is 17.3 Å². The lowest BCUT2D eigenvalue weighted by Crippen LogP contribution is -2.10. The summed E-state index contributed by atoms with van der Waals surface area (Å²) >= 11 is 0. The molecule has 2 nitrogen and oxygen atoms in total. The molecule has 1 saturated carbocycles. The van der Waals surface area contributed by atoms with Crippen LogP contribution in [0.1, 0.15) is 27.2 Å². The zero-order chi connectivity index (χ0) is 10.1. The van der Waals surface area contributed by atoms with Crippen LogP contribution in [0.3, 0.4) is 0 Å². The fourth-order valence-electron chi connectivity index (χ4n) is 2.06. The molecule has 0 aliphatic heterocycles. The summed E-state index contributed by atoms with van der Waals surface area (Å²) in [6.45, 7) is 10.2. The maximum Gasteiger partial charge on any atom is 0.309 e. The van der Waals surface area contributed by atoms with E-state index < -0.39 is 0 Å². The summed E-state index contributed by atoms with van der Waals surface area (Å²) in [5, 5.41) is 0. The smallest absolute Gasteiger partial charge is 0.309 e. The monoisotopic (exact) mass is 182 g/mol. The SMILES string of the molecule is C=CC[C@@H]1[C@@H](C(=O)OCC)C1(C)C. The van der Waals surface area contributed by atoms with Crippen molar-refractivity contribution >= 4 is 5.97 Å². The Bertz CT molecular complexity index is 218. The minimum absolute atomic E-state index is 0.0423. The number of carbonyl (C=O) groups excluding carboxylic acids is 1. The molecule has 74 valence electrons. The van der Waals surface area contributed by atoms with E-state index in [0.717, 1.165) is 6.42 Å². The molecule has 1 fully saturated rings. The molecule has 1 rings (SSSR count). The summed E-state index contributed by atoms with van der Waals surface area (Å²) in [6.07, 6.45) is 2.79. The average molecular weight is 182 g/mol. The highest BCUT2D eigenvalue weighted by atomic mass is 16.5. The number of hydrogen-bond donors (Lipinski definition) is 0. The summed E-state index contributed by atoms with van der Waals surface area (Å²) < 4.78 is 5.00. The maximum absolute atomic E-state index is 11.4. The van der Waals surface area contributed by atoms with Crippen molar-refractivity contribution in [2.24, 2.45) is 17.3 Å². The summed E-state index contributed by atoms with van der Waals surface area (Å²) in [5.74, 6) is 0.480. The number of carbonyl (C=O) groups is 1. The van der Waals surface area contributed by atoms with Crippen LogP contribution in [0.5, 0.6) is 0 Å². The number of allylic oxidation sites excluding steroid dienone is 1. The van der Waals surface area contributed by atoms with Gasteiger partial charge in [-0.05, 0) is 24.7 Å². The van der Waals surface area contributed by atoms with Crippen molar-refractivity contribution in [1.29, 1.82) is 0 Å². The third kappa shape index (κ3) is 1.77. The molecule has 2 atom stereocenters. The second-order valence-corrected chi connectivity index (χ2v) is 4.18. The molecule has 0 spiro atoms. The van der Waals surface area contributed by atoms with Gasteiger partial charge in [0, 0.05) is 0 Å². The Morgan fingerprint density at radius 3 is 2.69 bits per heavy atom. The molecule has 1 aliphatic rings. The maximum atomic E-state index is 11.4. The number of esters is 1. The largest absolute Gasteiger partial charge is 0.466 e. The molecule has 0 heterocycles. The lowest BCUT2D eigenvalue weighted by Gasteiger charge is -2.01. The van der Waals surface area contributed by atoms with Crippen LogP contribution >= 0.6 is 0 Å². The Labute approximate surface area is 80.0 Å². The molecule has 1 aliphatic carbocycles. The molecule has 0 saturated heterocycles. The van der Waals surface area contributed by atoms with E-state index in [0.29, 0.717) is 12.5 Å². The Kier molecular flexibility index (Phi) is 2.79. The van der Waals surface area contributed by atoms with Crippen molar-refractivity contribution in [1.82, 2.24) is 0 Å². The van der Waals surface area contributed by atoms with Gasteiger partial charge in [0.25, 0.3) is 0 Å². The molecule has 0 aromatic rings. The molecule has 0 unspecified atom stereocenters. The van der Waals surface area contributed by atoms with Gasteiger partial charge in [0.2, 0.25) is 0 Å². The van der Waals surface area contributed by atoms with Gasteiger partial charge in [0.05, 0.1) is 12.5 Å². The number of hydrogen-bond acceptors (Lipinski definition) is 2. The van der Waals surface area contributed by atoms with Gasteiger partial charge in [-0.15, -0.1) is 6.58 Å². The van der Waals surface area contributed by atoms with E-state index >= 15 is 0 Å². The van der Waals surface area contributed by atoms with Crippen LogP contribution in [-0.4, -0.2) is 12.6 Å². The molecule has 0 radical (unpaired) electrons. The van der Waals surface area contributed by atoms with Crippen LogP contribution in [-0.2, 0) is 9.53 Å². The second kappa shape index (κ2) is 3.52. The first-order valence-electron chi connectivity index (χ1n) is 4.83. The van der Waals surface area contributed by atoms with Gasteiger partial charge in [-0.1, -0.05) is 19.9 Å². The van der Waals surface area contributed by atoms with Gasteiger partial charge in [0.15, 0.2) is 0 Å². The molecule has 2 heteroatoms. The Hall–Kier alpha value is -0.790. The van der Waals surface area contributed by atoms with Crippen LogP contribution in [0.25, 0.3) is 0 Å². The van der Waals surface area contributed by atoms with Gasteiger partial charge >= 0.3 is 5.97 Å². The molecule has 0 bridgehead atoms. The highest BCUT2D eigenvalue weighted by Gasteiger charge is 2.61. The predicted molar refractivity (Wildman–Crippen MR) is 52.2 cm³/mol. The molecular formula is C11H18O2. The lowest BCUT2D eigenvalue weighted by atomic mass is 10.1.